The van der Waals surface area contributed by atoms with Crippen molar-refractivity contribution in [3.8, 4) is 0 Å². The van der Waals surface area contributed by atoms with E-state index in [1.54, 1.807) is 0 Å². The van der Waals surface area contributed by atoms with Crippen molar-refractivity contribution in [2.24, 2.45) is 11.8 Å². The van der Waals surface area contributed by atoms with Crippen LogP contribution in [0, 0.1) is 11.8 Å². The van der Waals surface area contributed by atoms with Gasteiger partial charge in [-0.05, 0) is 24.7 Å². The summed E-state index contributed by atoms with van der Waals surface area (Å²) in [4.78, 5) is 10.7. The largest absolute Gasteiger partial charge is 0.481 e. The highest BCUT2D eigenvalue weighted by Gasteiger charge is 2.42. The maximum atomic E-state index is 10.7. The van der Waals surface area contributed by atoms with Gasteiger partial charge in [-0.15, -0.1) is 0 Å². The van der Waals surface area contributed by atoms with E-state index in [1.807, 2.05) is 6.92 Å². The Morgan fingerprint density at radius 2 is 2.38 bits per heavy atom. The number of rotatable bonds is 3. The monoisotopic (exact) mass is 228 g/mol. The number of hydrogen-bond acceptors (Lipinski definition) is 3. The van der Waals surface area contributed by atoms with E-state index in [0.29, 0.717) is 12.5 Å². The van der Waals surface area contributed by atoms with Crippen molar-refractivity contribution in [1.82, 2.24) is 0 Å². The molecule has 0 radical (unpaired) electrons. The molecule has 4 nitrogen and oxygen atoms in total. The molecule has 1 N–H and O–H groups in total. The van der Waals surface area contributed by atoms with Crippen LogP contribution in [0.25, 0.3) is 0 Å². The van der Waals surface area contributed by atoms with Gasteiger partial charge in [0.15, 0.2) is 0 Å². The molecule has 0 bridgehead atoms. The van der Waals surface area contributed by atoms with Gasteiger partial charge < -0.3 is 14.6 Å². The molecule has 0 aromatic rings. The van der Waals surface area contributed by atoms with Gasteiger partial charge in [-0.3, -0.25) is 4.79 Å². The van der Waals surface area contributed by atoms with Crippen molar-refractivity contribution < 1.29 is 19.4 Å². The van der Waals surface area contributed by atoms with Crippen LogP contribution >= 0.6 is 0 Å². The van der Waals surface area contributed by atoms with Crippen molar-refractivity contribution in [1.29, 1.82) is 0 Å². The van der Waals surface area contributed by atoms with Gasteiger partial charge in [-0.1, -0.05) is 6.92 Å². The molecule has 2 saturated heterocycles. The Balaban J connectivity index is 1.93. The molecule has 1 spiro atoms. The van der Waals surface area contributed by atoms with Gasteiger partial charge in [0.05, 0.1) is 12.2 Å². The molecule has 4 heteroatoms. The molecule has 0 saturated carbocycles. The Labute approximate surface area is 95.9 Å². The maximum Gasteiger partial charge on any atom is 0.303 e. The van der Waals surface area contributed by atoms with Crippen molar-refractivity contribution in [3.63, 3.8) is 0 Å². The van der Waals surface area contributed by atoms with Crippen LogP contribution in [0.4, 0.5) is 0 Å². The van der Waals surface area contributed by atoms with Crippen molar-refractivity contribution in [3.05, 3.63) is 0 Å². The summed E-state index contributed by atoms with van der Waals surface area (Å²) in [5.41, 5.74) is -0.102. The number of ether oxygens (including phenoxy) is 2. The minimum Gasteiger partial charge on any atom is -0.481 e. The number of carbonyl (C=O) groups is 1. The van der Waals surface area contributed by atoms with E-state index in [9.17, 15) is 4.79 Å². The van der Waals surface area contributed by atoms with Crippen LogP contribution in [0.1, 0.15) is 32.6 Å². The predicted molar refractivity (Wildman–Crippen MR) is 58.3 cm³/mol. The predicted octanol–water partition coefficient (Wildman–Crippen LogP) is 1.68. The third kappa shape index (κ3) is 2.55. The van der Waals surface area contributed by atoms with Crippen LogP contribution in [0.15, 0.2) is 0 Å². The van der Waals surface area contributed by atoms with E-state index in [4.69, 9.17) is 14.6 Å². The lowest BCUT2D eigenvalue weighted by atomic mass is 9.77. The first kappa shape index (κ1) is 11.9. The zero-order chi connectivity index (χ0) is 11.6. The van der Waals surface area contributed by atoms with Gasteiger partial charge in [0.2, 0.25) is 0 Å². The van der Waals surface area contributed by atoms with Crippen LogP contribution in [0.3, 0.4) is 0 Å². The van der Waals surface area contributed by atoms with E-state index >= 15 is 0 Å². The number of carboxylic acids is 1. The fourth-order valence-corrected chi connectivity index (χ4v) is 2.86. The fraction of sp³-hybridized carbons (Fsp3) is 0.917. The fourth-order valence-electron chi connectivity index (χ4n) is 2.86. The minimum atomic E-state index is -0.698. The molecule has 92 valence electrons. The second-order valence-corrected chi connectivity index (χ2v) is 5.16. The lowest BCUT2D eigenvalue weighted by Gasteiger charge is -2.39. The highest BCUT2D eigenvalue weighted by atomic mass is 16.6. The van der Waals surface area contributed by atoms with E-state index in [0.717, 1.165) is 32.5 Å². The minimum absolute atomic E-state index is 0.102. The molecule has 3 atom stereocenters. The Morgan fingerprint density at radius 1 is 1.56 bits per heavy atom. The third-order valence-electron chi connectivity index (χ3n) is 3.90. The lowest BCUT2D eigenvalue weighted by molar-refractivity contribution is -0.140. The summed E-state index contributed by atoms with van der Waals surface area (Å²) in [5, 5.41) is 8.82. The van der Waals surface area contributed by atoms with Gasteiger partial charge in [-0.2, -0.15) is 0 Å². The highest BCUT2D eigenvalue weighted by Crippen LogP contribution is 2.39. The summed E-state index contributed by atoms with van der Waals surface area (Å²) in [6, 6.07) is 0. The lowest BCUT2D eigenvalue weighted by Crippen LogP contribution is -2.42. The first-order valence-corrected chi connectivity index (χ1v) is 6.05. The smallest absolute Gasteiger partial charge is 0.303 e. The Kier molecular flexibility index (Phi) is 3.50. The summed E-state index contributed by atoms with van der Waals surface area (Å²) in [6.45, 7) is 4.24. The molecule has 0 aromatic heterocycles. The summed E-state index contributed by atoms with van der Waals surface area (Å²) in [5.74, 6) is 0.00105. The second-order valence-electron chi connectivity index (χ2n) is 5.16. The van der Waals surface area contributed by atoms with Crippen LogP contribution in [0.2, 0.25) is 0 Å². The molecule has 2 fully saturated rings. The summed E-state index contributed by atoms with van der Waals surface area (Å²) >= 11 is 0. The van der Waals surface area contributed by atoms with Crippen LogP contribution in [-0.4, -0.2) is 36.5 Å². The standard InChI is InChI=1S/C12H20O4/c1-9(6-11(13)14)10-2-4-16-12(7-10)3-5-15-8-12/h9-10H,2-8H2,1H3,(H,13,14). The number of carboxylic acid groups (broad SMARTS) is 1. The Morgan fingerprint density at radius 3 is 3.00 bits per heavy atom. The maximum absolute atomic E-state index is 10.7. The number of aliphatic carboxylic acids is 1. The summed E-state index contributed by atoms with van der Waals surface area (Å²) in [6.07, 6.45) is 3.17. The Bertz CT molecular complexity index is 258. The molecule has 3 unspecified atom stereocenters. The molecule has 2 heterocycles. The van der Waals surface area contributed by atoms with Crippen molar-refractivity contribution in [2.75, 3.05) is 19.8 Å². The van der Waals surface area contributed by atoms with E-state index in [-0.39, 0.29) is 17.9 Å². The molecule has 0 aliphatic carbocycles. The normalized spacial score (nSPS) is 36.4. The SMILES string of the molecule is CC(CC(=O)O)C1CCOC2(CCOC2)C1. The zero-order valence-electron chi connectivity index (χ0n) is 9.78. The highest BCUT2D eigenvalue weighted by molar-refractivity contribution is 5.67. The van der Waals surface area contributed by atoms with Gasteiger partial charge in [0, 0.05) is 26.1 Å². The van der Waals surface area contributed by atoms with Crippen molar-refractivity contribution in [2.45, 2.75) is 38.2 Å². The first-order valence-electron chi connectivity index (χ1n) is 6.05. The van der Waals surface area contributed by atoms with Crippen LogP contribution in [-0.2, 0) is 14.3 Å². The van der Waals surface area contributed by atoms with Crippen LogP contribution < -0.4 is 0 Å². The Hall–Kier alpha value is -0.610. The van der Waals surface area contributed by atoms with Crippen LogP contribution in [0.5, 0.6) is 0 Å². The molecule has 2 rings (SSSR count). The molecule has 2 aliphatic rings. The van der Waals surface area contributed by atoms with Gasteiger partial charge in [0.25, 0.3) is 0 Å². The van der Waals surface area contributed by atoms with Gasteiger partial charge in [-0.25, -0.2) is 0 Å². The average molecular weight is 228 g/mol. The average Bonchev–Trinajstić information content (AvgIpc) is 2.65. The second kappa shape index (κ2) is 4.72. The summed E-state index contributed by atoms with van der Waals surface area (Å²) in [7, 11) is 0. The third-order valence-corrected chi connectivity index (χ3v) is 3.90. The van der Waals surface area contributed by atoms with Gasteiger partial charge >= 0.3 is 5.97 Å². The van der Waals surface area contributed by atoms with E-state index in [2.05, 4.69) is 0 Å². The molecule has 0 aromatic carbocycles. The molecule has 2 aliphatic heterocycles. The first-order chi connectivity index (χ1) is 7.61. The molecule has 0 amide bonds. The quantitative estimate of drug-likeness (QED) is 0.798. The van der Waals surface area contributed by atoms with Crippen molar-refractivity contribution >= 4 is 5.97 Å². The molecule has 16 heavy (non-hydrogen) atoms. The molecular weight excluding hydrogens is 208 g/mol. The summed E-state index contributed by atoms with van der Waals surface area (Å²) < 4.78 is 11.2. The van der Waals surface area contributed by atoms with E-state index in [1.165, 1.54) is 0 Å². The molecular formula is C12H20O4. The van der Waals surface area contributed by atoms with E-state index < -0.39 is 5.97 Å². The number of hydrogen-bond donors (Lipinski definition) is 1. The van der Waals surface area contributed by atoms with Gasteiger partial charge in [0.1, 0.15) is 0 Å². The zero-order valence-corrected chi connectivity index (χ0v) is 9.78. The topological polar surface area (TPSA) is 55.8 Å².